The van der Waals surface area contributed by atoms with E-state index in [0.29, 0.717) is 0 Å². The molecule has 13 heavy (non-hydrogen) atoms. The predicted molar refractivity (Wildman–Crippen MR) is 55.7 cm³/mol. The Morgan fingerprint density at radius 3 is 3.08 bits per heavy atom. The van der Waals surface area contributed by atoms with Crippen molar-refractivity contribution in [2.45, 2.75) is 6.10 Å². The molecule has 0 amide bonds. The molecule has 2 nitrogen and oxygen atoms in total. The van der Waals surface area contributed by atoms with Crippen LogP contribution in [0.3, 0.4) is 0 Å². The average molecular weight is 242 g/mol. The molecule has 1 aromatic rings. The average Bonchev–Trinajstić information content (AvgIpc) is 2.19. The van der Waals surface area contributed by atoms with E-state index in [2.05, 4.69) is 33.4 Å². The highest BCUT2D eigenvalue weighted by Crippen LogP contribution is 2.21. The lowest BCUT2D eigenvalue weighted by molar-refractivity contribution is 0.0277. The van der Waals surface area contributed by atoms with Gasteiger partial charge >= 0.3 is 0 Å². The third-order valence-corrected chi connectivity index (χ3v) is 2.64. The third kappa shape index (κ3) is 2.30. The minimum absolute atomic E-state index is 0.214. The van der Waals surface area contributed by atoms with Crippen molar-refractivity contribution >= 4 is 15.9 Å². The van der Waals surface area contributed by atoms with Gasteiger partial charge in [-0.3, -0.25) is 0 Å². The van der Waals surface area contributed by atoms with E-state index in [9.17, 15) is 0 Å². The SMILES string of the molecule is Brc1cccc([C@@H]2CNCCO2)c1. The predicted octanol–water partition coefficient (Wildman–Crippen LogP) is 2.11. The molecule has 0 aliphatic carbocycles. The number of morpholine rings is 1. The van der Waals surface area contributed by atoms with E-state index in [-0.39, 0.29) is 6.10 Å². The molecule has 1 N–H and O–H groups in total. The standard InChI is InChI=1S/C10H12BrNO/c11-9-3-1-2-8(6-9)10-7-12-4-5-13-10/h1-3,6,10,12H,4-5,7H2/t10-/m0/s1. The molecule has 0 saturated carbocycles. The molecule has 0 radical (unpaired) electrons. The van der Waals surface area contributed by atoms with Crippen LogP contribution in [0.2, 0.25) is 0 Å². The molecule has 70 valence electrons. The van der Waals surface area contributed by atoms with E-state index in [1.165, 1.54) is 5.56 Å². The topological polar surface area (TPSA) is 21.3 Å². The molecule has 1 aliphatic heterocycles. The van der Waals surface area contributed by atoms with E-state index in [4.69, 9.17) is 4.74 Å². The highest BCUT2D eigenvalue weighted by Gasteiger charge is 2.14. The van der Waals surface area contributed by atoms with E-state index < -0.39 is 0 Å². The molecule has 1 heterocycles. The number of halogens is 1. The summed E-state index contributed by atoms with van der Waals surface area (Å²) in [6.45, 7) is 2.68. The van der Waals surface area contributed by atoms with Crippen LogP contribution >= 0.6 is 15.9 Å². The van der Waals surface area contributed by atoms with Crippen molar-refractivity contribution in [3.63, 3.8) is 0 Å². The Hall–Kier alpha value is -0.380. The maximum absolute atomic E-state index is 5.64. The van der Waals surface area contributed by atoms with Crippen LogP contribution < -0.4 is 5.32 Å². The van der Waals surface area contributed by atoms with Gasteiger partial charge < -0.3 is 10.1 Å². The van der Waals surface area contributed by atoms with Crippen LogP contribution in [0.5, 0.6) is 0 Å². The Morgan fingerprint density at radius 1 is 1.46 bits per heavy atom. The summed E-state index contributed by atoms with van der Waals surface area (Å²) < 4.78 is 6.75. The molecule has 1 atom stereocenters. The molecule has 0 spiro atoms. The van der Waals surface area contributed by atoms with Crippen molar-refractivity contribution in [3.05, 3.63) is 34.3 Å². The smallest absolute Gasteiger partial charge is 0.0950 e. The van der Waals surface area contributed by atoms with Crippen LogP contribution in [0.25, 0.3) is 0 Å². The number of hydrogen-bond acceptors (Lipinski definition) is 2. The molecule has 2 rings (SSSR count). The molecule has 0 aromatic heterocycles. The van der Waals surface area contributed by atoms with Crippen molar-refractivity contribution < 1.29 is 4.74 Å². The quantitative estimate of drug-likeness (QED) is 0.814. The molecule has 0 unspecified atom stereocenters. The Balaban J connectivity index is 2.14. The van der Waals surface area contributed by atoms with Crippen LogP contribution in [-0.2, 0) is 4.74 Å². The first-order chi connectivity index (χ1) is 6.36. The molecular weight excluding hydrogens is 230 g/mol. The number of benzene rings is 1. The lowest BCUT2D eigenvalue weighted by Crippen LogP contribution is -2.33. The van der Waals surface area contributed by atoms with Crippen LogP contribution in [0, 0.1) is 0 Å². The minimum Gasteiger partial charge on any atom is -0.371 e. The van der Waals surface area contributed by atoms with Gasteiger partial charge in [-0.1, -0.05) is 28.1 Å². The number of ether oxygens (including phenoxy) is 1. The van der Waals surface area contributed by atoms with Gasteiger partial charge in [0.2, 0.25) is 0 Å². The zero-order valence-corrected chi connectivity index (χ0v) is 8.88. The second-order valence-electron chi connectivity index (χ2n) is 3.12. The second kappa shape index (κ2) is 4.22. The summed E-state index contributed by atoms with van der Waals surface area (Å²) in [6.07, 6.45) is 0.214. The summed E-state index contributed by atoms with van der Waals surface area (Å²) in [5.74, 6) is 0. The lowest BCUT2D eigenvalue weighted by Gasteiger charge is -2.23. The number of nitrogens with one attached hydrogen (secondary N) is 1. The van der Waals surface area contributed by atoms with Crippen LogP contribution in [-0.4, -0.2) is 19.7 Å². The molecule has 1 aliphatic rings. The van der Waals surface area contributed by atoms with Gasteiger partial charge in [0.05, 0.1) is 12.7 Å². The fourth-order valence-corrected chi connectivity index (χ4v) is 1.90. The molecule has 1 fully saturated rings. The molecule has 1 aromatic carbocycles. The van der Waals surface area contributed by atoms with Crippen molar-refractivity contribution in [1.82, 2.24) is 5.32 Å². The monoisotopic (exact) mass is 241 g/mol. The van der Waals surface area contributed by atoms with E-state index in [1.54, 1.807) is 0 Å². The fourth-order valence-electron chi connectivity index (χ4n) is 1.49. The van der Waals surface area contributed by atoms with Crippen LogP contribution in [0.4, 0.5) is 0 Å². The Labute approximate surface area is 86.4 Å². The largest absolute Gasteiger partial charge is 0.371 e. The van der Waals surface area contributed by atoms with Gasteiger partial charge in [-0.2, -0.15) is 0 Å². The summed E-state index contributed by atoms with van der Waals surface area (Å²) in [5.41, 5.74) is 1.24. The Kier molecular flexibility index (Phi) is 2.98. The molecule has 3 heteroatoms. The summed E-state index contributed by atoms with van der Waals surface area (Å²) >= 11 is 3.45. The van der Waals surface area contributed by atoms with Gasteiger partial charge in [-0.25, -0.2) is 0 Å². The summed E-state index contributed by atoms with van der Waals surface area (Å²) in [5, 5.41) is 3.31. The zero-order valence-electron chi connectivity index (χ0n) is 7.29. The summed E-state index contributed by atoms with van der Waals surface area (Å²) in [4.78, 5) is 0. The van der Waals surface area contributed by atoms with Crippen LogP contribution in [0.1, 0.15) is 11.7 Å². The summed E-state index contributed by atoms with van der Waals surface area (Å²) in [6, 6.07) is 8.28. The van der Waals surface area contributed by atoms with Gasteiger partial charge in [0, 0.05) is 17.6 Å². The first kappa shape index (κ1) is 9.19. The zero-order chi connectivity index (χ0) is 9.10. The van der Waals surface area contributed by atoms with Crippen molar-refractivity contribution in [2.24, 2.45) is 0 Å². The van der Waals surface area contributed by atoms with Gasteiger partial charge in [-0.05, 0) is 17.7 Å². The number of hydrogen-bond donors (Lipinski definition) is 1. The number of rotatable bonds is 1. The molecule has 1 saturated heterocycles. The fraction of sp³-hybridized carbons (Fsp3) is 0.400. The summed E-state index contributed by atoms with van der Waals surface area (Å²) in [7, 11) is 0. The van der Waals surface area contributed by atoms with E-state index in [1.807, 2.05) is 12.1 Å². The van der Waals surface area contributed by atoms with Gasteiger partial charge in [0.15, 0.2) is 0 Å². The molecular formula is C10H12BrNO. The second-order valence-corrected chi connectivity index (χ2v) is 4.03. The van der Waals surface area contributed by atoms with Gasteiger partial charge in [0.1, 0.15) is 0 Å². The van der Waals surface area contributed by atoms with Crippen molar-refractivity contribution in [2.75, 3.05) is 19.7 Å². The maximum atomic E-state index is 5.64. The van der Waals surface area contributed by atoms with Crippen molar-refractivity contribution in [3.8, 4) is 0 Å². The van der Waals surface area contributed by atoms with Crippen LogP contribution in [0.15, 0.2) is 28.7 Å². The Bertz CT molecular complexity index is 284. The first-order valence-electron chi connectivity index (χ1n) is 4.44. The van der Waals surface area contributed by atoms with Crippen molar-refractivity contribution in [1.29, 1.82) is 0 Å². The third-order valence-electron chi connectivity index (χ3n) is 2.15. The van der Waals surface area contributed by atoms with Gasteiger partial charge in [0.25, 0.3) is 0 Å². The first-order valence-corrected chi connectivity index (χ1v) is 5.23. The minimum atomic E-state index is 0.214. The highest BCUT2D eigenvalue weighted by molar-refractivity contribution is 9.10. The molecule has 0 bridgehead atoms. The highest BCUT2D eigenvalue weighted by atomic mass is 79.9. The maximum Gasteiger partial charge on any atom is 0.0950 e. The van der Waals surface area contributed by atoms with Gasteiger partial charge in [-0.15, -0.1) is 0 Å². The normalized spacial score (nSPS) is 23.0. The van der Waals surface area contributed by atoms with E-state index >= 15 is 0 Å². The Morgan fingerprint density at radius 2 is 2.38 bits per heavy atom. The van der Waals surface area contributed by atoms with E-state index in [0.717, 1.165) is 24.2 Å². The lowest BCUT2D eigenvalue weighted by atomic mass is 10.1.